The number of hydrogen-bond donors (Lipinski definition) is 1. The van der Waals surface area contributed by atoms with Crippen LogP contribution in [-0.4, -0.2) is 63.1 Å². The third-order valence-electron chi connectivity index (χ3n) is 6.60. The van der Waals surface area contributed by atoms with Crippen molar-refractivity contribution in [2.75, 3.05) is 24.5 Å². The summed E-state index contributed by atoms with van der Waals surface area (Å²) >= 11 is 1.49. The van der Waals surface area contributed by atoms with E-state index in [0.29, 0.717) is 5.56 Å². The lowest BCUT2D eigenvalue weighted by Gasteiger charge is -2.37. The Hall–Kier alpha value is -3.56. The van der Waals surface area contributed by atoms with Crippen molar-refractivity contribution in [1.29, 1.82) is 0 Å². The molecule has 9 heteroatoms. The van der Waals surface area contributed by atoms with E-state index in [-0.39, 0.29) is 6.04 Å². The molecule has 1 aliphatic rings. The second kappa shape index (κ2) is 10.4. The maximum Gasteiger partial charge on any atom is 0.412 e. The smallest absolute Gasteiger partial charge is 0.412 e. The lowest BCUT2D eigenvalue weighted by Crippen LogP contribution is -2.47. The number of aryl methyl sites for hydroxylation is 1. The van der Waals surface area contributed by atoms with Crippen LogP contribution in [-0.2, 0) is 6.54 Å². The average Bonchev–Trinajstić information content (AvgIpc) is 3.52. The van der Waals surface area contributed by atoms with E-state index < -0.39 is 6.09 Å². The van der Waals surface area contributed by atoms with Gasteiger partial charge in [-0.05, 0) is 61.0 Å². The van der Waals surface area contributed by atoms with Crippen molar-refractivity contribution in [3.63, 3.8) is 0 Å². The van der Waals surface area contributed by atoms with Crippen molar-refractivity contribution in [1.82, 2.24) is 19.9 Å². The molecular weight excluding hydrogens is 462 g/mol. The molecule has 1 N–H and O–H groups in total. The van der Waals surface area contributed by atoms with Gasteiger partial charge in [-0.15, -0.1) is 16.4 Å². The number of likely N-dealkylation sites (tertiary alicyclic amines) is 1. The van der Waals surface area contributed by atoms with Gasteiger partial charge in [-0.2, -0.15) is 0 Å². The highest BCUT2D eigenvalue weighted by Crippen LogP contribution is 2.38. The summed E-state index contributed by atoms with van der Waals surface area (Å²) in [5.41, 5.74) is 4.27. The quantitative estimate of drug-likeness (QED) is 0.350. The van der Waals surface area contributed by atoms with Gasteiger partial charge in [0.25, 0.3) is 0 Å². The topological polar surface area (TPSA) is 91.6 Å². The normalized spacial score (nSPS) is 14.9. The van der Waals surface area contributed by atoms with Crippen molar-refractivity contribution in [2.45, 2.75) is 31.8 Å². The summed E-state index contributed by atoms with van der Waals surface area (Å²) in [4.78, 5) is 27.2. The van der Waals surface area contributed by atoms with Gasteiger partial charge in [0.05, 0.1) is 5.52 Å². The third kappa shape index (κ3) is 4.96. The summed E-state index contributed by atoms with van der Waals surface area (Å²) < 4.78 is 1.88. The lowest BCUT2D eigenvalue weighted by atomic mass is 10.0. The largest absolute Gasteiger partial charge is 0.465 e. The Kier molecular flexibility index (Phi) is 6.87. The molecule has 0 radical (unpaired) electrons. The van der Waals surface area contributed by atoms with Crippen LogP contribution in [0.3, 0.4) is 0 Å². The fourth-order valence-electron chi connectivity index (χ4n) is 4.81. The molecular formula is C26H27N5O3S. The van der Waals surface area contributed by atoms with Gasteiger partial charge in [0.1, 0.15) is 16.8 Å². The third-order valence-corrected chi connectivity index (χ3v) is 7.51. The van der Waals surface area contributed by atoms with Gasteiger partial charge < -0.3 is 10.0 Å². The maximum atomic E-state index is 12.3. The van der Waals surface area contributed by atoms with Crippen molar-refractivity contribution in [3.8, 4) is 11.1 Å². The first-order valence-corrected chi connectivity index (χ1v) is 12.7. The minimum atomic E-state index is -0.890. The number of anilines is 1. The Balaban J connectivity index is 1.18. The SMILES string of the molecule is O=Cc1ccc2c(c1)nnn2CCCN1CCC(N(C(=O)O)c2sccc2-c2ccccc2)CC1. The van der Waals surface area contributed by atoms with E-state index in [4.69, 9.17) is 0 Å². The fourth-order valence-corrected chi connectivity index (χ4v) is 5.79. The Morgan fingerprint density at radius 3 is 2.66 bits per heavy atom. The molecule has 3 heterocycles. The molecule has 0 spiro atoms. The fraction of sp³-hybridized carbons (Fsp3) is 0.308. The summed E-state index contributed by atoms with van der Waals surface area (Å²) in [6, 6.07) is 17.4. The molecule has 1 fully saturated rings. The van der Waals surface area contributed by atoms with E-state index in [0.717, 1.165) is 78.9 Å². The van der Waals surface area contributed by atoms with E-state index in [9.17, 15) is 14.7 Å². The molecule has 1 aliphatic heterocycles. The number of nitrogens with zero attached hydrogens (tertiary/aromatic N) is 5. The van der Waals surface area contributed by atoms with E-state index >= 15 is 0 Å². The molecule has 0 saturated carbocycles. The summed E-state index contributed by atoms with van der Waals surface area (Å²) in [7, 11) is 0. The first kappa shape index (κ1) is 23.2. The number of fused-ring (bicyclic) bond motifs is 1. The van der Waals surface area contributed by atoms with Gasteiger partial charge in [-0.1, -0.05) is 35.5 Å². The van der Waals surface area contributed by atoms with Gasteiger partial charge in [-0.3, -0.25) is 9.69 Å². The van der Waals surface area contributed by atoms with Crippen LogP contribution in [0.1, 0.15) is 29.6 Å². The molecule has 8 nitrogen and oxygen atoms in total. The highest BCUT2D eigenvalue weighted by atomic mass is 32.1. The van der Waals surface area contributed by atoms with E-state index in [2.05, 4.69) is 15.2 Å². The molecule has 0 bridgehead atoms. The molecule has 0 unspecified atom stereocenters. The Labute approximate surface area is 207 Å². The van der Waals surface area contributed by atoms with Crippen LogP contribution >= 0.6 is 11.3 Å². The minimum absolute atomic E-state index is 0.0314. The molecule has 180 valence electrons. The highest BCUT2D eigenvalue weighted by Gasteiger charge is 2.31. The number of amides is 1. The Bertz CT molecular complexity index is 1310. The van der Waals surface area contributed by atoms with Crippen LogP contribution in [0.4, 0.5) is 9.80 Å². The van der Waals surface area contributed by atoms with Crippen LogP contribution in [0, 0.1) is 0 Å². The summed E-state index contributed by atoms with van der Waals surface area (Å²) in [6.07, 6.45) is 2.45. The van der Waals surface area contributed by atoms with Crippen molar-refractivity contribution < 1.29 is 14.7 Å². The number of aromatic nitrogens is 3. The van der Waals surface area contributed by atoms with Gasteiger partial charge in [0.2, 0.25) is 0 Å². The molecule has 4 aromatic rings. The first-order valence-electron chi connectivity index (χ1n) is 11.8. The number of carboxylic acid groups (broad SMARTS) is 1. The standard InChI is InChI=1S/C26H27N5O3S/c32-18-19-7-8-24-23(17-19)27-28-30(24)13-4-12-29-14-9-21(10-15-29)31(26(33)34)25-22(11-16-35-25)20-5-2-1-3-6-20/h1-3,5-8,11,16-18,21H,4,9-10,12-15H2,(H,33,34). The number of hydrogen-bond acceptors (Lipinski definition) is 6. The summed E-state index contributed by atoms with van der Waals surface area (Å²) in [6.45, 7) is 3.39. The Morgan fingerprint density at radius 2 is 1.91 bits per heavy atom. The predicted octanol–water partition coefficient (Wildman–Crippen LogP) is 5.01. The van der Waals surface area contributed by atoms with Crippen molar-refractivity contribution in [3.05, 3.63) is 65.5 Å². The second-order valence-corrected chi connectivity index (χ2v) is 9.66. The number of carbonyl (C=O) groups excluding carboxylic acids is 1. The van der Waals surface area contributed by atoms with Crippen LogP contribution in [0.5, 0.6) is 0 Å². The monoisotopic (exact) mass is 489 g/mol. The van der Waals surface area contributed by atoms with Gasteiger partial charge in [0.15, 0.2) is 0 Å². The minimum Gasteiger partial charge on any atom is -0.465 e. The molecule has 2 aromatic carbocycles. The zero-order valence-electron chi connectivity index (χ0n) is 19.3. The lowest BCUT2D eigenvalue weighted by molar-refractivity contribution is 0.112. The number of piperidine rings is 1. The molecule has 0 atom stereocenters. The first-order chi connectivity index (χ1) is 17.1. The molecule has 1 saturated heterocycles. The zero-order valence-corrected chi connectivity index (χ0v) is 20.1. The van der Waals surface area contributed by atoms with E-state index in [1.165, 1.54) is 11.3 Å². The number of rotatable bonds is 8. The second-order valence-electron chi connectivity index (χ2n) is 8.76. The maximum absolute atomic E-state index is 12.3. The number of thiophene rings is 1. The molecule has 35 heavy (non-hydrogen) atoms. The Morgan fingerprint density at radius 1 is 1.11 bits per heavy atom. The highest BCUT2D eigenvalue weighted by molar-refractivity contribution is 7.15. The molecule has 5 rings (SSSR count). The van der Waals surface area contributed by atoms with Crippen molar-refractivity contribution >= 4 is 39.8 Å². The number of benzene rings is 2. The van der Waals surface area contributed by atoms with E-state index in [1.54, 1.807) is 17.0 Å². The van der Waals surface area contributed by atoms with Gasteiger partial charge >= 0.3 is 6.09 Å². The van der Waals surface area contributed by atoms with Crippen molar-refractivity contribution in [2.24, 2.45) is 0 Å². The van der Waals surface area contributed by atoms with E-state index in [1.807, 2.05) is 52.5 Å². The van der Waals surface area contributed by atoms with Gasteiger partial charge in [0, 0.05) is 36.8 Å². The van der Waals surface area contributed by atoms with Crippen LogP contribution in [0.25, 0.3) is 22.2 Å². The predicted molar refractivity (Wildman–Crippen MR) is 137 cm³/mol. The molecule has 2 aromatic heterocycles. The zero-order chi connectivity index (χ0) is 24.2. The summed E-state index contributed by atoms with van der Waals surface area (Å²) in [5.74, 6) is 0. The van der Waals surface area contributed by atoms with Crippen LogP contribution in [0.15, 0.2) is 60.0 Å². The van der Waals surface area contributed by atoms with Crippen LogP contribution < -0.4 is 4.90 Å². The number of carbonyl (C=O) groups is 2. The summed E-state index contributed by atoms with van der Waals surface area (Å²) in [5, 5.41) is 21.3. The van der Waals surface area contributed by atoms with Crippen LogP contribution in [0.2, 0.25) is 0 Å². The molecule has 0 aliphatic carbocycles. The average molecular weight is 490 g/mol. The number of aldehydes is 1. The molecule has 1 amide bonds. The van der Waals surface area contributed by atoms with Gasteiger partial charge in [-0.25, -0.2) is 9.48 Å².